The summed E-state index contributed by atoms with van der Waals surface area (Å²) in [4.78, 5) is 4.63. The average Bonchev–Trinajstić information content (AvgIpc) is 3.12. The smallest absolute Gasteiger partial charge is 0.191 e. The molecule has 2 rings (SSSR count). The molecule has 0 amide bonds. The standard InChI is InChI=1S/C15H22BrN3O.HI/c1-4-17-15(19-13-7-10(13)2)18-9-11-5-6-14(20-3)12(16)8-11;/h5-6,8,10,13H,4,7,9H2,1-3H3,(H2,17,18,19);1H. The molecule has 1 aromatic carbocycles. The fourth-order valence-electron chi connectivity index (χ4n) is 2.00. The van der Waals surface area contributed by atoms with Crippen molar-refractivity contribution in [3.63, 3.8) is 0 Å². The molecule has 1 fully saturated rings. The number of guanidine groups is 1. The highest BCUT2D eigenvalue weighted by Crippen LogP contribution is 2.29. The number of ether oxygens (including phenoxy) is 1. The highest BCUT2D eigenvalue weighted by Gasteiger charge is 2.33. The number of hydrogen-bond donors (Lipinski definition) is 2. The summed E-state index contributed by atoms with van der Waals surface area (Å²) in [7, 11) is 1.67. The first-order valence-electron chi connectivity index (χ1n) is 7.01. The van der Waals surface area contributed by atoms with Gasteiger partial charge in [0.05, 0.1) is 18.1 Å². The molecule has 1 aromatic rings. The van der Waals surface area contributed by atoms with Gasteiger partial charge in [0.1, 0.15) is 5.75 Å². The summed E-state index contributed by atoms with van der Waals surface area (Å²) < 4.78 is 6.19. The van der Waals surface area contributed by atoms with Gasteiger partial charge in [0.25, 0.3) is 0 Å². The van der Waals surface area contributed by atoms with E-state index in [1.807, 2.05) is 18.2 Å². The van der Waals surface area contributed by atoms with Crippen LogP contribution in [0.25, 0.3) is 0 Å². The third-order valence-corrected chi connectivity index (χ3v) is 4.03. The zero-order valence-corrected chi connectivity index (χ0v) is 16.6. The van der Waals surface area contributed by atoms with Gasteiger partial charge in [-0.25, -0.2) is 4.99 Å². The maximum Gasteiger partial charge on any atom is 0.191 e. The molecule has 2 N–H and O–H groups in total. The minimum absolute atomic E-state index is 0. The topological polar surface area (TPSA) is 45.7 Å². The molecule has 0 saturated heterocycles. The van der Waals surface area contributed by atoms with E-state index in [4.69, 9.17) is 4.74 Å². The first-order valence-corrected chi connectivity index (χ1v) is 7.80. The summed E-state index contributed by atoms with van der Waals surface area (Å²) in [6, 6.07) is 6.62. The second kappa shape index (κ2) is 8.82. The zero-order chi connectivity index (χ0) is 14.5. The highest BCUT2D eigenvalue weighted by molar-refractivity contribution is 14.0. The van der Waals surface area contributed by atoms with Crippen molar-refractivity contribution in [2.24, 2.45) is 10.9 Å². The third-order valence-electron chi connectivity index (χ3n) is 3.41. The second-order valence-corrected chi connectivity index (χ2v) is 5.98. The summed E-state index contributed by atoms with van der Waals surface area (Å²) in [5.74, 6) is 2.50. The molecular weight excluding hydrogens is 445 g/mol. The lowest BCUT2D eigenvalue weighted by Crippen LogP contribution is -2.39. The fraction of sp³-hybridized carbons (Fsp3) is 0.533. The van der Waals surface area contributed by atoms with Gasteiger partial charge in [-0.2, -0.15) is 0 Å². The van der Waals surface area contributed by atoms with E-state index in [0.717, 1.165) is 34.2 Å². The van der Waals surface area contributed by atoms with Crippen LogP contribution in [-0.2, 0) is 6.54 Å². The Morgan fingerprint density at radius 3 is 2.71 bits per heavy atom. The van der Waals surface area contributed by atoms with Gasteiger partial charge in [-0.1, -0.05) is 13.0 Å². The van der Waals surface area contributed by atoms with E-state index in [9.17, 15) is 0 Å². The molecule has 0 spiro atoms. The quantitative estimate of drug-likeness (QED) is 0.395. The first-order chi connectivity index (χ1) is 9.63. The Hall–Kier alpha value is -0.500. The third kappa shape index (κ3) is 5.65. The van der Waals surface area contributed by atoms with Crippen LogP contribution in [0.1, 0.15) is 25.8 Å². The van der Waals surface area contributed by atoms with Gasteiger partial charge >= 0.3 is 0 Å². The van der Waals surface area contributed by atoms with Crippen molar-refractivity contribution in [2.45, 2.75) is 32.9 Å². The van der Waals surface area contributed by atoms with Crippen LogP contribution in [0.3, 0.4) is 0 Å². The molecule has 1 aliphatic rings. The molecule has 0 aliphatic heterocycles. The molecular formula is C15H23BrIN3O. The molecule has 1 saturated carbocycles. The van der Waals surface area contributed by atoms with Crippen LogP contribution in [0, 0.1) is 5.92 Å². The average molecular weight is 468 g/mol. The molecule has 2 atom stereocenters. The van der Waals surface area contributed by atoms with E-state index in [0.29, 0.717) is 12.6 Å². The fourth-order valence-corrected chi connectivity index (χ4v) is 2.59. The van der Waals surface area contributed by atoms with Crippen LogP contribution in [0.4, 0.5) is 0 Å². The molecule has 6 heteroatoms. The predicted molar refractivity (Wildman–Crippen MR) is 102 cm³/mol. The van der Waals surface area contributed by atoms with Crippen LogP contribution < -0.4 is 15.4 Å². The predicted octanol–water partition coefficient (Wildman–Crippen LogP) is 3.54. The van der Waals surface area contributed by atoms with E-state index in [1.54, 1.807) is 7.11 Å². The second-order valence-electron chi connectivity index (χ2n) is 5.13. The van der Waals surface area contributed by atoms with Crippen molar-refractivity contribution in [1.29, 1.82) is 0 Å². The largest absolute Gasteiger partial charge is 0.496 e. The first kappa shape index (κ1) is 18.5. The number of halogens is 2. The van der Waals surface area contributed by atoms with Gasteiger partial charge in [-0.3, -0.25) is 0 Å². The van der Waals surface area contributed by atoms with Crippen LogP contribution >= 0.6 is 39.9 Å². The lowest BCUT2D eigenvalue weighted by atomic mass is 10.2. The molecule has 4 nitrogen and oxygen atoms in total. The van der Waals surface area contributed by atoms with Crippen molar-refractivity contribution in [3.8, 4) is 5.75 Å². The summed E-state index contributed by atoms with van der Waals surface area (Å²) >= 11 is 3.50. The minimum Gasteiger partial charge on any atom is -0.496 e. The number of rotatable bonds is 5. The molecule has 0 aromatic heterocycles. The maximum absolute atomic E-state index is 5.23. The van der Waals surface area contributed by atoms with Crippen LogP contribution in [0.5, 0.6) is 5.75 Å². The van der Waals surface area contributed by atoms with Crippen molar-refractivity contribution < 1.29 is 4.74 Å². The van der Waals surface area contributed by atoms with Crippen molar-refractivity contribution in [2.75, 3.05) is 13.7 Å². The van der Waals surface area contributed by atoms with Crippen LogP contribution in [0.2, 0.25) is 0 Å². The van der Waals surface area contributed by atoms with E-state index in [-0.39, 0.29) is 24.0 Å². The Bertz CT molecular complexity index is 496. The van der Waals surface area contributed by atoms with E-state index in [2.05, 4.69) is 45.4 Å². The number of nitrogens with zero attached hydrogens (tertiary/aromatic N) is 1. The maximum atomic E-state index is 5.23. The monoisotopic (exact) mass is 467 g/mol. The minimum atomic E-state index is 0. The van der Waals surface area contributed by atoms with Crippen molar-refractivity contribution in [1.82, 2.24) is 10.6 Å². The lowest BCUT2D eigenvalue weighted by molar-refractivity contribution is 0.412. The van der Waals surface area contributed by atoms with E-state index < -0.39 is 0 Å². The summed E-state index contributed by atoms with van der Waals surface area (Å²) in [5, 5.41) is 6.74. The molecule has 0 bridgehead atoms. The normalized spacial score (nSPS) is 20.5. The number of aliphatic imine (C=N–C) groups is 1. The summed E-state index contributed by atoms with van der Waals surface area (Å²) in [6.45, 7) is 5.86. The molecule has 1 aliphatic carbocycles. The van der Waals surface area contributed by atoms with Gasteiger partial charge in [-0.15, -0.1) is 24.0 Å². The Morgan fingerprint density at radius 1 is 1.48 bits per heavy atom. The van der Waals surface area contributed by atoms with E-state index in [1.165, 1.54) is 6.42 Å². The van der Waals surface area contributed by atoms with Crippen LogP contribution in [0.15, 0.2) is 27.7 Å². The number of nitrogens with one attached hydrogen (secondary N) is 2. The Morgan fingerprint density at radius 2 is 2.19 bits per heavy atom. The molecule has 0 heterocycles. The summed E-state index contributed by atoms with van der Waals surface area (Å²) in [6.07, 6.45) is 1.23. The van der Waals surface area contributed by atoms with Crippen molar-refractivity contribution in [3.05, 3.63) is 28.2 Å². The van der Waals surface area contributed by atoms with Gasteiger partial charge in [0.15, 0.2) is 5.96 Å². The number of benzene rings is 1. The zero-order valence-electron chi connectivity index (χ0n) is 12.6. The Labute approximate surface area is 152 Å². The van der Waals surface area contributed by atoms with Gasteiger partial charge in [0.2, 0.25) is 0 Å². The number of hydrogen-bond acceptors (Lipinski definition) is 2. The van der Waals surface area contributed by atoms with Gasteiger partial charge < -0.3 is 15.4 Å². The van der Waals surface area contributed by atoms with Gasteiger partial charge in [0, 0.05) is 12.6 Å². The van der Waals surface area contributed by atoms with Crippen LogP contribution in [-0.4, -0.2) is 25.7 Å². The lowest BCUT2D eigenvalue weighted by Gasteiger charge is -2.11. The molecule has 118 valence electrons. The molecule has 21 heavy (non-hydrogen) atoms. The molecule has 0 radical (unpaired) electrons. The number of methoxy groups -OCH3 is 1. The van der Waals surface area contributed by atoms with Gasteiger partial charge in [-0.05, 0) is 52.9 Å². The SMILES string of the molecule is CCNC(=NCc1ccc(OC)c(Br)c1)NC1CC1C.I. The highest BCUT2D eigenvalue weighted by atomic mass is 127. The Kier molecular flexibility index (Phi) is 7.79. The van der Waals surface area contributed by atoms with E-state index >= 15 is 0 Å². The summed E-state index contributed by atoms with van der Waals surface area (Å²) in [5.41, 5.74) is 1.15. The van der Waals surface area contributed by atoms with Crippen molar-refractivity contribution >= 4 is 45.9 Å². The Balaban J connectivity index is 0.00000220. The molecule has 2 unspecified atom stereocenters.